The number of carbonyl (C=O) groups excluding carboxylic acids is 2. The summed E-state index contributed by atoms with van der Waals surface area (Å²) in [6, 6.07) is 6.14. The first-order valence-electron chi connectivity index (χ1n) is 10.4. The summed E-state index contributed by atoms with van der Waals surface area (Å²) in [7, 11) is 0. The Morgan fingerprint density at radius 3 is 2.83 bits per heavy atom. The predicted octanol–water partition coefficient (Wildman–Crippen LogP) is 2.85. The van der Waals surface area contributed by atoms with Crippen LogP contribution in [0.1, 0.15) is 42.7 Å². The largest absolute Gasteiger partial charge is 0.339 e. The molecule has 3 rings (SSSR count). The topological polar surface area (TPSA) is 71.3 Å². The van der Waals surface area contributed by atoms with E-state index in [2.05, 4.69) is 10.3 Å². The lowest BCUT2D eigenvalue weighted by molar-refractivity contribution is -0.127. The molecule has 7 nitrogen and oxygen atoms in total. The molecule has 1 saturated heterocycles. The molecule has 0 saturated carbocycles. The third kappa shape index (κ3) is 5.52. The van der Waals surface area contributed by atoms with Gasteiger partial charge in [-0.1, -0.05) is 17.3 Å². The molecule has 1 aromatic carbocycles. The Bertz CT molecular complexity index is 906. The van der Waals surface area contributed by atoms with Crippen molar-refractivity contribution in [2.75, 3.05) is 26.2 Å². The van der Waals surface area contributed by atoms with Crippen LogP contribution < -0.4 is 0 Å². The van der Waals surface area contributed by atoms with Crippen LogP contribution in [0, 0.1) is 11.7 Å². The van der Waals surface area contributed by atoms with Crippen molar-refractivity contribution >= 4 is 17.9 Å². The van der Waals surface area contributed by atoms with E-state index in [4.69, 9.17) is 0 Å². The van der Waals surface area contributed by atoms with E-state index >= 15 is 0 Å². The summed E-state index contributed by atoms with van der Waals surface area (Å²) in [4.78, 5) is 28.5. The molecule has 1 aliphatic rings. The summed E-state index contributed by atoms with van der Waals surface area (Å²) in [5.41, 5.74) is 1.00. The van der Waals surface area contributed by atoms with Crippen LogP contribution in [0.15, 0.2) is 36.5 Å². The third-order valence-corrected chi connectivity index (χ3v) is 5.35. The van der Waals surface area contributed by atoms with Crippen LogP contribution in [0.4, 0.5) is 4.39 Å². The van der Waals surface area contributed by atoms with Gasteiger partial charge in [-0.15, -0.1) is 5.10 Å². The van der Waals surface area contributed by atoms with Crippen molar-refractivity contribution in [3.05, 3.63) is 53.6 Å². The average molecular weight is 413 g/mol. The van der Waals surface area contributed by atoms with E-state index in [1.807, 2.05) is 18.7 Å². The van der Waals surface area contributed by atoms with Gasteiger partial charge >= 0.3 is 0 Å². The van der Waals surface area contributed by atoms with Crippen LogP contribution in [0.3, 0.4) is 0 Å². The minimum Gasteiger partial charge on any atom is -0.339 e. The predicted molar refractivity (Wildman–Crippen MR) is 112 cm³/mol. The van der Waals surface area contributed by atoms with Gasteiger partial charge in [0.2, 0.25) is 5.91 Å². The van der Waals surface area contributed by atoms with Crippen molar-refractivity contribution in [1.82, 2.24) is 24.8 Å². The number of piperidine rings is 1. The van der Waals surface area contributed by atoms with Crippen molar-refractivity contribution < 1.29 is 14.0 Å². The number of amides is 2. The molecular weight excluding hydrogens is 385 g/mol. The number of nitrogens with zero attached hydrogens (tertiary/aromatic N) is 5. The van der Waals surface area contributed by atoms with E-state index in [1.54, 1.807) is 34.0 Å². The number of benzene rings is 1. The fourth-order valence-electron chi connectivity index (χ4n) is 3.72. The molecule has 2 amide bonds. The summed E-state index contributed by atoms with van der Waals surface area (Å²) in [5.74, 6) is -0.285. The van der Waals surface area contributed by atoms with E-state index in [0.29, 0.717) is 44.0 Å². The highest BCUT2D eigenvalue weighted by Gasteiger charge is 2.24. The van der Waals surface area contributed by atoms with Gasteiger partial charge in [0.1, 0.15) is 5.82 Å². The van der Waals surface area contributed by atoms with Gasteiger partial charge in [-0.25, -0.2) is 4.39 Å². The molecule has 0 unspecified atom stereocenters. The van der Waals surface area contributed by atoms with E-state index in [0.717, 1.165) is 12.8 Å². The maximum absolute atomic E-state index is 13.3. The van der Waals surface area contributed by atoms with Crippen molar-refractivity contribution in [2.24, 2.45) is 5.92 Å². The first-order valence-corrected chi connectivity index (χ1v) is 10.4. The smallest absolute Gasteiger partial charge is 0.276 e. The molecule has 30 heavy (non-hydrogen) atoms. The molecule has 1 atom stereocenters. The van der Waals surface area contributed by atoms with Gasteiger partial charge in [-0.3, -0.25) is 14.3 Å². The number of rotatable bonds is 7. The van der Waals surface area contributed by atoms with Gasteiger partial charge in [-0.05, 0) is 56.4 Å². The van der Waals surface area contributed by atoms with Crippen molar-refractivity contribution in [3.8, 4) is 0 Å². The fourth-order valence-corrected chi connectivity index (χ4v) is 3.72. The van der Waals surface area contributed by atoms with Gasteiger partial charge < -0.3 is 9.80 Å². The number of halogens is 1. The molecule has 0 radical (unpaired) electrons. The van der Waals surface area contributed by atoms with E-state index in [1.165, 1.54) is 18.2 Å². The Kier molecular flexibility index (Phi) is 7.32. The summed E-state index contributed by atoms with van der Waals surface area (Å²) >= 11 is 0. The van der Waals surface area contributed by atoms with Crippen molar-refractivity contribution in [3.63, 3.8) is 0 Å². The Balaban J connectivity index is 1.57. The zero-order valence-corrected chi connectivity index (χ0v) is 17.5. The van der Waals surface area contributed by atoms with Gasteiger partial charge in [0.15, 0.2) is 5.69 Å². The molecule has 0 N–H and O–H groups in total. The normalized spacial score (nSPS) is 16.8. The van der Waals surface area contributed by atoms with E-state index in [-0.39, 0.29) is 23.5 Å². The second-order valence-electron chi connectivity index (χ2n) is 7.48. The van der Waals surface area contributed by atoms with Crippen molar-refractivity contribution in [1.29, 1.82) is 0 Å². The zero-order valence-electron chi connectivity index (χ0n) is 17.5. The zero-order chi connectivity index (χ0) is 21.5. The Labute approximate surface area is 176 Å². The lowest BCUT2D eigenvalue weighted by Gasteiger charge is -2.32. The molecule has 0 bridgehead atoms. The lowest BCUT2D eigenvalue weighted by atomic mass is 9.98. The summed E-state index contributed by atoms with van der Waals surface area (Å²) in [6.45, 7) is 7.05. The standard InChI is InChI=1S/C22H28FN5O2/c1-3-26(4-2)22(30)20-16-28(25-24-20)15-18-8-6-12-27(14-18)21(29)11-10-17-7-5-9-19(23)13-17/h5,7,9-11,13,16,18H,3-4,6,8,12,14-15H2,1-2H3/b11-10-/t18-/m0/s1. The fraction of sp³-hybridized carbons (Fsp3) is 0.455. The lowest BCUT2D eigenvalue weighted by Crippen LogP contribution is -2.40. The Morgan fingerprint density at radius 1 is 1.30 bits per heavy atom. The van der Waals surface area contributed by atoms with Crippen LogP contribution in [0.2, 0.25) is 0 Å². The van der Waals surface area contributed by atoms with Crippen LogP contribution in [0.5, 0.6) is 0 Å². The molecule has 2 heterocycles. The highest BCUT2D eigenvalue weighted by Crippen LogP contribution is 2.19. The third-order valence-electron chi connectivity index (χ3n) is 5.35. The molecule has 2 aromatic rings. The SMILES string of the molecule is CCN(CC)C(=O)c1cn(C[C@H]2CCCN(C(=O)/C=C\c3cccc(F)c3)C2)nn1. The summed E-state index contributed by atoms with van der Waals surface area (Å²) in [5, 5.41) is 8.12. The first-order chi connectivity index (χ1) is 14.5. The molecule has 1 fully saturated rings. The van der Waals surface area contributed by atoms with Crippen LogP contribution >= 0.6 is 0 Å². The first kappa shape index (κ1) is 21.7. The Hall–Kier alpha value is -3.03. The molecule has 1 aliphatic heterocycles. The molecular formula is C22H28FN5O2. The second kappa shape index (κ2) is 10.1. The minimum absolute atomic E-state index is 0.0834. The van der Waals surface area contributed by atoms with Gasteiger partial charge in [0.05, 0.1) is 6.20 Å². The summed E-state index contributed by atoms with van der Waals surface area (Å²) < 4.78 is 15.0. The number of carbonyl (C=O) groups is 2. The van der Waals surface area contributed by atoms with Crippen LogP contribution in [-0.4, -0.2) is 62.8 Å². The number of likely N-dealkylation sites (tertiary alicyclic amines) is 1. The summed E-state index contributed by atoms with van der Waals surface area (Å²) in [6.07, 6.45) is 6.71. The average Bonchev–Trinajstić information content (AvgIpc) is 3.21. The number of hydrogen-bond acceptors (Lipinski definition) is 4. The van der Waals surface area contributed by atoms with Crippen LogP contribution in [-0.2, 0) is 11.3 Å². The van der Waals surface area contributed by atoms with Crippen LogP contribution in [0.25, 0.3) is 6.08 Å². The Morgan fingerprint density at radius 2 is 2.10 bits per heavy atom. The molecule has 8 heteroatoms. The maximum atomic E-state index is 13.3. The second-order valence-corrected chi connectivity index (χ2v) is 7.48. The molecule has 0 spiro atoms. The quantitative estimate of drug-likeness (QED) is 0.655. The minimum atomic E-state index is -0.325. The van der Waals surface area contributed by atoms with Gasteiger partial charge in [-0.2, -0.15) is 0 Å². The number of aromatic nitrogens is 3. The molecule has 1 aromatic heterocycles. The maximum Gasteiger partial charge on any atom is 0.276 e. The van der Waals surface area contributed by atoms with Crippen molar-refractivity contribution in [2.45, 2.75) is 33.2 Å². The molecule has 160 valence electrons. The van der Waals surface area contributed by atoms with E-state index in [9.17, 15) is 14.0 Å². The monoisotopic (exact) mass is 413 g/mol. The molecule has 0 aliphatic carbocycles. The highest BCUT2D eigenvalue weighted by molar-refractivity contribution is 5.92. The number of hydrogen-bond donors (Lipinski definition) is 0. The van der Waals surface area contributed by atoms with E-state index < -0.39 is 0 Å². The van der Waals surface area contributed by atoms with Gasteiger partial charge in [0.25, 0.3) is 5.91 Å². The van der Waals surface area contributed by atoms with Gasteiger partial charge in [0, 0.05) is 38.8 Å². The highest BCUT2D eigenvalue weighted by atomic mass is 19.1.